The fourth-order valence-electron chi connectivity index (χ4n) is 0.891. The zero-order valence-corrected chi connectivity index (χ0v) is 8.46. The van der Waals surface area contributed by atoms with Crippen LogP contribution in [-0.4, -0.2) is 13.1 Å². The number of methoxy groups -OCH3 is 1. The van der Waals surface area contributed by atoms with E-state index >= 15 is 0 Å². The molecule has 0 amide bonds. The lowest BCUT2D eigenvalue weighted by atomic mass is 9.86. The van der Waals surface area contributed by atoms with E-state index in [2.05, 4.69) is 24.5 Å². The molecule has 0 aliphatic heterocycles. The molecular weight excluding hydrogens is 164 g/mol. The molecular formula is C11H16O2. The van der Waals surface area contributed by atoms with Gasteiger partial charge < -0.3 is 4.74 Å². The predicted molar refractivity (Wildman–Crippen MR) is 53.0 cm³/mol. The molecule has 13 heavy (non-hydrogen) atoms. The molecule has 0 saturated heterocycles. The highest BCUT2D eigenvalue weighted by molar-refractivity contribution is 5.81. The number of allylic oxidation sites excluding steroid dienone is 1. The van der Waals surface area contributed by atoms with Crippen LogP contribution in [0, 0.1) is 17.8 Å². The maximum atomic E-state index is 10.7. The molecule has 0 aliphatic rings. The van der Waals surface area contributed by atoms with E-state index in [1.54, 1.807) is 6.08 Å². The Bertz CT molecular complexity index is 231. The smallest absolute Gasteiger partial charge is 0.330 e. The van der Waals surface area contributed by atoms with Gasteiger partial charge in [0, 0.05) is 12.5 Å². The highest BCUT2D eigenvalue weighted by Crippen LogP contribution is 2.24. The first-order valence-electron chi connectivity index (χ1n) is 4.20. The van der Waals surface area contributed by atoms with Gasteiger partial charge in [0.05, 0.1) is 7.11 Å². The van der Waals surface area contributed by atoms with Gasteiger partial charge >= 0.3 is 5.97 Å². The van der Waals surface area contributed by atoms with Crippen molar-refractivity contribution in [3.63, 3.8) is 0 Å². The van der Waals surface area contributed by atoms with Crippen LogP contribution >= 0.6 is 0 Å². The van der Waals surface area contributed by atoms with Crippen LogP contribution in [0.3, 0.4) is 0 Å². The van der Waals surface area contributed by atoms with E-state index in [1.165, 1.54) is 13.2 Å². The molecule has 2 heteroatoms. The standard InChI is InChI=1S/C11H16O2/c1-5-8-11(2,3)9-6-7-10(12)13-4/h1,6-7H,8-9H2,2-4H3/b7-6+. The Morgan fingerprint density at radius 3 is 2.69 bits per heavy atom. The van der Waals surface area contributed by atoms with Gasteiger partial charge in [0.2, 0.25) is 0 Å². The van der Waals surface area contributed by atoms with Crippen molar-refractivity contribution >= 4 is 5.97 Å². The van der Waals surface area contributed by atoms with Gasteiger partial charge in [-0.05, 0) is 11.8 Å². The predicted octanol–water partition coefficient (Wildman–Crippen LogP) is 2.16. The number of ether oxygens (including phenoxy) is 1. The SMILES string of the molecule is C#CCC(C)(C)C/C=C/C(=O)OC. The van der Waals surface area contributed by atoms with E-state index in [-0.39, 0.29) is 11.4 Å². The second-order valence-electron chi connectivity index (χ2n) is 3.67. The number of hydrogen-bond donors (Lipinski definition) is 0. The zero-order chi connectivity index (χ0) is 10.3. The van der Waals surface area contributed by atoms with Crippen LogP contribution in [-0.2, 0) is 9.53 Å². The van der Waals surface area contributed by atoms with Crippen LogP contribution in [0.25, 0.3) is 0 Å². The summed E-state index contributed by atoms with van der Waals surface area (Å²) in [6.45, 7) is 4.13. The first-order valence-corrected chi connectivity index (χ1v) is 4.20. The van der Waals surface area contributed by atoms with Crippen molar-refractivity contribution in [3.05, 3.63) is 12.2 Å². The largest absolute Gasteiger partial charge is 0.466 e. The van der Waals surface area contributed by atoms with Crippen LogP contribution in [0.1, 0.15) is 26.7 Å². The summed E-state index contributed by atoms with van der Waals surface area (Å²) < 4.78 is 4.46. The molecule has 0 atom stereocenters. The van der Waals surface area contributed by atoms with Crippen molar-refractivity contribution in [2.75, 3.05) is 7.11 Å². The molecule has 0 radical (unpaired) electrons. The van der Waals surface area contributed by atoms with E-state index in [9.17, 15) is 4.79 Å². The van der Waals surface area contributed by atoms with Gasteiger partial charge in [-0.25, -0.2) is 4.79 Å². The quantitative estimate of drug-likeness (QED) is 0.376. The van der Waals surface area contributed by atoms with Gasteiger partial charge in [-0.3, -0.25) is 0 Å². The van der Waals surface area contributed by atoms with Gasteiger partial charge in [0.15, 0.2) is 0 Å². The summed E-state index contributed by atoms with van der Waals surface area (Å²) >= 11 is 0. The number of esters is 1. The fourth-order valence-corrected chi connectivity index (χ4v) is 0.891. The normalized spacial score (nSPS) is 11.2. The summed E-state index contributed by atoms with van der Waals surface area (Å²) in [7, 11) is 1.36. The van der Waals surface area contributed by atoms with Crippen LogP contribution in [0.2, 0.25) is 0 Å². The van der Waals surface area contributed by atoms with Crippen molar-refractivity contribution in [2.24, 2.45) is 5.41 Å². The average molecular weight is 180 g/mol. The summed E-state index contributed by atoms with van der Waals surface area (Å²) in [6.07, 6.45) is 9.92. The van der Waals surface area contributed by atoms with Gasteiger partial charge in [-0.15, -0.1) is 12.3 Å². The third kappa shape index (κ3) is 5.98. The van der Waals surface area contributed by atoms with E-state index in [0.29, 0.717) is 6.42 Å². The molecule has 2 nitrogen and oxygen atoms in total. The van der Waals surface area contributed by atoms with Crippen LogP contribution in [0.15, 0.2) is 12.2 Å². The van der Waals surface area contributed by atoms with E-state index in [0.717, 1.165) is 6.42 Å². The molecule has 0 unspecified atom stereocenters. The minimum Gasteiger partial charge on any atom is -0.466 e. The Morgan fingerprint density at radius 1 is 1.62 bits per heavy atom. The summed E-state index contributed by atoms with van der Waals surface area (Å²) in [6, 6.07) is 0. The lowest BCUT2D eigenvalue weighted by Crippen LogP contribution is -2.08. The molecule has 0 fully saturated rings. The van der Waals surface area contributed by atoms with Gasteiger partial charge in [0.25, 0.3) is 0 Å². The highest BCUT2D eigenvalue weighted by atomic mass is 16.5. The summed E-state index contributed by atoms with van der Waals surface area (Å²) in [5, 5.41) is 0. The molecule has 0 heterocycles. The maximum Gasteiger partial charge on any atom is 0.330 e. The Morgan fingerprint density at radius 2 is 2.23 bits per heavy atom. The molecule has 0 aromatic heterocycles. The molecule has 0 spiro atoms. The van der Waals surface area contributed by atoms with Crippen molar-refractivity contribution in [3.8, 4) is 12.3 Å². The van der Waals surface area contributed by atoms with Crippen LogP contribution in [0.5, 0.6) is 0 Å². The average Bonchev–Trinajstić information content (AvgIpc) is 2.03. The van der Waals surface area contributed by atoms with E-state index in [1.807, 2.05) is 0 Å². The molecule has 0 aromatic carbocycles. The van der Waals surface area contributed by atoms with Crippen LogP contribution < -0.4 is 0 Å². The molecule has 0 aromatic rings. The number of carbonyl (C=O) groups is 1. The second kappa shape index (κ2) is 5.42. The van der Waals surface area contributed by atoms with Gasteiger partial charge in [0.1, 0.15) is 0 Å². The van der Waals surface area contributed by atoms with Crippen molar-refractivity contribution in [2.45, 2.75) is 26.7 Å². The number of terminal acetylenes is 1. The maximum absolute atomic E-state index is 10.7. The first-order chi connectivity index (χ1) is 6.02. The van der Waals surface area contributed by atoms with Crippen LogP contribution in [0.4, 0.5) is 0 Å². The zero-order valence-electron chi connectivity index (χ0n) is 8.46. The first kappa shape index (κ1) is 11.8. The summed E-state index contributed by atoms with van der Waals surface area (Å²) in [5.74, 6) is 2.29. The van der Waals surface area contributed by atoms with E-state index < -0.39 is 0 Å². The lowest BCUT2D eigenvalue weighted by molar-refractivity contribution is -0.134. The molecule has 0 N–H and O–H groups in total. The molecule has 0 saturated carbocycles. The third-order valence-corrected chi connectivity index (χ3v) is 1.71. The Labute approximate surface area is 80.0 Å². The molecule has 0 aliphatic carbocycles. The molecule has 0 rings (SSSR count). The van der Waals surface area contributed by atoms with E-state index in [4.69, 9.17) is 6.42 Å². The number of hydrogen-bond acceptors (Lipinski definition) is 2. The van der Waals surface area contributed by atoms with Gasteiger partial charge in [-0.1, -0.05) is 19.9 Å². The topological polar surface area (TPSA) is 26.3 Å². The fraction of sp³-hybridized carbons (Fsp3) is 0.545. The number of rotatable bonds is 4. The highest BCUT2D eigenvalue weighted by Gasteiger charge is 2.13. The summed E-state index contributed by atoms with van der Waals surface area (Å²) in [5.41, 5.74) is 0.0548. The monoisotopic (exact) mass is 180 g/mol. The summed E-state index contributed by atoms with van der Waals surface area (Å²) in [4.78, 5) is 10.7. The van der Waals surface area contributed by atoms with Gasteiger partial charge in [-0.2, -0.15) is 0 Å². The minimum absolute atomic E-state index is 0.0548. The molecule has 72 valence electrons. The molecule has 0 bridgehead atoms. The lowest BCUT2D eigenvalue weighted by Gasteiger charge is -2.18. The second-order valence-corrected chi connectivity index (χ2v) is 3.67. The Hall–Kier alpha value is -1.23. The van der Waals surface area contributed by atoms with Crippen molar-refractivity contribution in [1.29, 1.82) is 0 Å². The minimum atomic E-state index is -0.323. The number of carbonyl (C=O) groups excluding carboxylic acids is 1. The Balaban J connectivity index is 3.94. The van der Waals surface area contributed by atoms with Crippen molar-refractivity contribution < 1.29 is 9.53 Å². The Kier molecular flexibility index (Phi) is 4.91. The van der Waals surface area contributed by atoms with Crippen molar-refractivity contribution in [1.82, 2.24) is 0 Å². The third-order valence-electron chi connectivity index (χ3n) is 1.71.